The highest BCUT2D eigenvalue weighted by Gasteiger charge is 2.66. The molecule has 1 aliphatic carbocycles. The molecule has 0 unspecified atom stereocenters. The number of amides is 1. The van der Waals surface area contributed by atoms with E-state index in [0.29, 0.717) is 19.0 Å². The van der Waals surface area contributed by atoms with Gasteiger partial charge >= 0.3 is 5.97 Å². The molecule has 2 heterocycles. The second kappa shape index (κ2) is 5.11. The first-order valence-corrected chi connectivity index (χ1v) is 7.86. The van der Waals surface area contributed by atoms with Crippen molar-refractivity contribution in [3.8, 4) is 0 Å². The quantitative estimate of drug-likeness (QED) is 0.891. The molecule has 3 rings (SSSR count). The van der Waals surface area contributed by atoms with Gasteiger partial charge in [0.25, 0.3) is 0 Å². The van der Waals surface area contributed by atoms with Crippen molar-refractivity contribution in [1.82, 2.24) is 15.1 Å². The van der Waals surface area contributed by atoms with Gasteiger partial charge in [-0.15, -0.1) is 0 Å². The molecule has 2 atom stereocenters. The molecule has 1 aromatic heterocycles. The minimum Gasteiger partial charge on any atom is -0.481 e. The number of carboxylic acids is 1. The number of carboxylic acid groups (broad SMARTS) is 1. The summed E-state index contributed by atoms with van der Waals surface area (Å²) in [7, 11) is 0. The molecule has 1 aliphatic heterocycles. The Hall–Kier alpha value is -1.85. The number of aromatic nitrogens is 2. The molecule has 6 heteroatoms. The average Bonchev–Trinajstić information content (AvgIpc) is 2.81. The third kappa shape index (κ3) is 2.40. The molecule has 120 valence electrons. The van der Waals surface area contributed by atoms with E-state index in [4.69, 9.17) is 0 Å². The van der Waals surface area contributed by atoms with Gasteiger partial charge in [-0.2, -0.15) is 5.10 Å². The zero-order valence-electron chi connectivity index (χ0n) is 13.3. The molecule has 6 nitrogen and oxygen atoms in total. The topological polar surface area (TPSA) is 86.3 Å². The van der Waals surface area contributed by atoms with E-state index in [9.17, 15) is 14.7 Å². The largest absolute Gasteiger partial charge is 0.481 e. The molecular formula is C16H23N3O3. The van der Waals surface area contributed by atoms with E-state index in [2.05, 4.69) is 16.3 Å². The Kier molecular flexibility index (Phi) is 3.50. The van der Waals surface area contributed by atoms with E-state index in [0.717, 1.165) is 24.2 Å². The molecule has 1 aromatic rings. The number of carbonyl (C=O) groups is 2. The fraction of sp³-hybridized carbons (Fsp3) is 0.688. The van der Waals surface area contributed by atoms with Crippen molar-refractivity contribution < 1.29 is 14.7 Å². The van der Waals surface area contributed by atoms with Gasteiger partial charge in [0.2, 0.25) is 5.91 Å². The molecule has 2 fully saturated rings. The highest BCUT2D eigenvalue weighted by atomic mass is 16.4. The standard InChI is InChI=1S/C16H23N3O3/c1-9-8-11(18-17-9)10-4-6-19(7-5-10)14(20)12-13(15(21)22)16(12,2)3/h8,10,12-13H,4-7H2,1-3H3,(H,17,18)(H,21,22)/t12-,13+/m0/s1. The van der Waals surface area contributed by atoms with Crippen LogP contribution in [0.2, 0.25) is 0 Å². The van der Waals surface area contributed by atoms with Crippen molar-refractivity contribution >= 4 is 11.9 Å². The third-order valence-electron chi connectivity index (χ3n) is 5.31. The number of hydrogen-bond donors (Lipinski definition) is 2. The Morgan fingerprint density at radius 3 is 2.41 bits per heavy atom. The van der Waals surface area contributed by atoms with Crippen LogP contribution < -0.4 is 0 Å². The van der Waals surface area contributed by atoms with Crippen LogP contribution in [0.5, 0.6) is 0 Å². The van der Waals surface area contributed by atoms with E-state index in [1.807, 2.05) is 25.7 Å². The summed E-state index contributed by atoms with van der Waals surface area (Å²) in [5, 5.41) is 16.5. The number of aliphatic carboxylic acids is 1. The molecule has 0 radical (unpaired) electrons. The van der Waals surface area contributed by atoms with Gasteiger partial charge in [0.1, 0.15) is 0 Å². The molecule has 0 spiro atoms. The highest BCUT2D eigenvalue weighted by molar-refractivity contribution is 5.91. The van der Waals surface area contributed by atoms with Crippen LogP contribution in [0.1, 0.15) is 44.0 Å². The van der Waals surface area contributed by atoms with Crippen molar-refractivity contribution in [3.63, 3.8) is 0 Å². The average molecular weight is 305 g/mol. The summed E-state index contributed by atoms with van der Waals surface area (Å²) in [6.07, 6.45) is 1.78. The number of rotatable bonds is 3. The number of carbonyl (C=O) groups excluding carboxylic acids is 1. The Morgan fingerprint density at radius 1 is 1.32 bits per heavy atom. The van der Waals surface area contributed by atoms with E-state index < -0.39 is 17.3 Å². The maximum atomic E-state index is 12.6. The lowest BCUT2D eigenvalue weighted by atomic mass is 9.93. The van der Waals surface area contributed by atoms with Crippen molar-refractivity contribution in [2.45, 2.75) is 39.5 Å². The van der Waals surface area contributed by atoms with Crippen LogP contribution in [0, 0.1) is 24.2 Å². The minimum atomic E-state index is -0.856. The van der Waals surface area contributed by atoms with Gasteiger partial charge in [-0.1, -0.05) is 13.8 Å². The van der Waals surface area contributed by atoms with Crippen LogP contribution in [-0.2, 0) is 9.59 Å². The first-order chi connectivity index (χ1) is 10.3. The summed E-state index contributed by atoms with van der Waals surface area (Å²) in [6.45, 7) is 7.10. The molecule has 1 amide bonds. The lowest BCUT2D eigenvalue weighted by Crippen LogP contribution is -2.39. The summed E-state index contributed by atoms with van der Waals surface area (Å²) in [5.41, 5.74) is 1.70. The van der Waals surface area contributed by atoms with Crippen molar-refractivity contribution in [1.29, 1.82) is 0 Å². The molecule has 2 aliphatic rings. The summed E-state index contributed by atoms with van der Waals surface area (Å²) >= 11 is 0. The number of likely N-dealkylation sites (tertiary alicyclic amines) is 1. The van der Waals surface area contributed by atoms with Crippen LogP contribution in [-0.4, -0.2) is 45.2 Å². The van der Waals surface area contributed by atoms with Gasteiger partial charge in [-0.25, -0.2) is 0 Å². The highest BCUT2D eigenvalue weighted by Crippen LogP contribution is 2.59. The number of piperidine rings is 1. The van der Waals surface area contributed by atoms with Crippen molar-refractivity contribution in [2.75, 3.05) is 13.1 Å². The Morgan fingerprint density at radius 2 is 1.95 bits per heavy atom. The van der Waals surface area contributed by atoms with E-state index in [1.165, 1.54) is 0 Å². The number of nitrogens with one attached hydrogen (secondary N) is 1. The summed E-state index contributed by atoms with van der Waals surface area (Å²) in [5.74, 6) is -1.36. The predicted molar refractivity (Wildman–Crippen MR) is 80.3 cm³/mol. The Labute approximate surface area is 129 Å². The van der Waals surface area contributed by atoms with Gasteiger partial charge < -0.3 is 10.0 Å². The SMILES string of the molecule is Cc1cc(C2CCN(C(=O)[C@@H]3[C@H](C(=O)O)C3(C)C)CC2)n[nH]1. The van der Waals surface area contributed by atoms with Crippen molar-refractivity contribution in [3.05, 3.63) is 17.5 Å². The maximum Gasteiger partial charge on any atom is 0.307 e. The smallest absolute Gasteiger partial charge is 0.307 e. The van der Waals surface area contributed by atoms with Gasteiger partial charge in [-0.05, 0) is 31.2 Å². The van der Waals surface area contributed by atoms with Crippen LogP contribution >= 0.6 is 0 Å². The first kappa shape index (κ1) is 15.1. The number of H-pyrrole nitrogens is 1. The van der Waals surface area contributed by atoms with Crippen LogP contribution in [0.3, 0.4) is 0 Å². The molecule has 1 saturated heterocycles. The summed E-state index contributed by atoms with van der Waals surface area (Å²) < 4.78 is 0. The second-order valence-corrected chi connectivity index (χ2v) is 7.19. The van der Waals surface area contributed by atoms with E-state index in [-0.39, 0.29) is 11.8 Å². The normalized spacial score (nSPS) is 27.7. The van der Waals surface area contributed by atoms with Crippen LogP contribution in [0.4, 0.5) is 0 Å². The third-order valence-corrected chi connectivity index (χ3v) is 5.31. The van der Waals surface area contributed by atoms with E-state index in [1.54, 1.807) is 0 Å². The summed E-state index contributed by atoms with van der Waals surface area (Å²) in [6, 6.07) is 2.06. The number of aromatic amines is 1. The zero-order chi connectivity index (χ0) is 16.1. The molecule has 0 bridgehead atoms. The minimum absolute atomic E-state index is 0.00839. The predicted octanol–water partition coefficient (Wildman–Crippen LogP) is 1.78. The number of nitrogens with zero attached hydrogens (tertiary/aromatic N) is 2. The van der Waals surface area contributed by atoms with Gasteiger partial charge in [0.05, 0.1) is 17.5 Å². The summed E-state index contributed by atoms with van der Waals surface area (Å²) in [4.78, 5) is 25.6. The number of aryl methyl sites for hydroxylation is 1. The van der Waals surface area contributed by atoms with Crippen LogP contribution in [0.15, 0.2) is 6.07 Å². The molecule has 22 heavy (non-hydrogen) atoms. The lowest BCUT2D eigenvalue weighted by molar-refractivity contribution is -0.142. The van der Waals surface area contributed by atoms with Crippen LogP contribution in [0.25, 0.3) is 0 Å². The zero-order valence-corrected chi connectivity index (χ0v) is 13.3. The first-order valence-electron chi connectivity index (χ1n) is 7.86. The fourth-order valence-corrected chi connectivity index (χ4v) is 3.80. The van der Waals surface area contributed by atoms with E-state index >= 15 is 0 Å². The maximum absolute atomic E-state index is 12.6. The molecule has 2 N–H and O–H groups in total. The van der Waals surface area contributed by atoms with Crippen molar-refractivity contribution in [2.24, 2.45) is 17.3 Å². The number of hydrogen-bond acceptors (Lipinski definition) is 3. The molecular weight excluding hydrogens is 282 g/mol. The van der Waals surface area contributed by atoms with Gasteiger partial charge in [-0.3, -0.25) is 14.7 Å². The molecule has 0 aromatic carbocycles. The Bertz CT molecular complexity index is 600. The lowest BCUT2D eigenvalue weighted by Gasteiger charge is -2.31. The van der Waals surface area contributed by atoms with Gasteiger partial charge in [0.15, 0.2) is 0 Å². The molecule has 1 saturated carbocycles. The second-order valence-electron chi connectivity index (χ2n) is 7.19. The van der Waals surface area contributed by atoms with Gasteiger partial charge in [0, 0.05) is 24.7 Å². The fourth-order valence-electron chi connectivity index (χ4n) is 3.80. The monoisotopic (exact) mass is 305 g/mol. The Balaban J connectivity index is 1.60.